The predicted molar refractivity (Wildman–Crippen MR) is 149 cm³/mol. The monoisotopic (exact) mass is 499 g/mol. The van der Waals surface area contributed by atoms with Gasteiger partial charge < -0.3 is 14.4 Å². The molecule has 0 unspecified atom stereocenters. The van der Waals surface area contributed by atoms with Crippen molar-refractivity contribution < 1.29 is 9.47 Å². The van der Waals surface area contributed by atoms with Crippen LogP contribution in [0.3, 0.4) is 0 Å². The maximum Gasteiger partial charge on any atom is 0.228 e. The minimum atomic E-state index is -0.145. The van der Waals surface area contributed by atoms with Gasteiger partial charge in [-0.2, -0.15) is 0 Å². The van der Waals surface area contributed by atoms with E-state index in [0.29, 0.717) is 11.7 Å². The van der Waals surface area contributed by atoms with Gasteiger partial charge in [-0.05, 0) is 47.3 Å². The van der Waals surface area contributed by atoms with Crippen LogP contribution in [-0.2, 0) is 0 Å². The maximum atomic E-state index is 6.53. The van der Waals surface area contributed by atoms with Crippen LogP contribution in [0.5, 0.6) is 17.4 Å². The third kappa shape index (κ3) is 3.47. The van der Waals surface area contributed by atoms with Gasteiger partial charge in [-0.15, -0.1) is 5.10 Å². The first-order chi connectivity index (χ1) is 18.6. The molecule has 0 saturated heterocycles. The zero-order chi connectivity index (χ0) is 25.8. The highest BCUT2D eigenvalue weighted by Crippen LogP contribution is 2.50. The lowest BCUT2D eigenvalue weighted by molar-refractivity contribution is 0.414. The summed E-state index contributed by atoms with van der Waals surface area (Å²) < 4.78 is 13.7. The number of methoxy groups -OCH3 is 1. The number of rotatable bonds is 4. The maximum absolute atomic E-state index is 6.53. The molecule has 186 valence electrons. The van der Waals surface area contributed by atoms with Gasteiger partial charge in [0.05, 0.1) is 12.7 Å². The van der Waals surface area contributed by atoms with Crippen molar-refractivity contribution in [3.63, 3.8) is 0 Å². The van der Waals surface area contributed by atoms with Gasteiger partial charge in [-0.25, -0.2) is 14.5 Å². The van der Waals surface area contributed by atoms with Crippen molar-refractivity contribution in [1.29, 1.82) is 0 Å². The Kier molecular flexibility index (Phi) is 5.04. The topological polar surface area (TPSA) is 64.8 Å². The van der Waals surface area contributed by atoms with E-state index in [0.717, 1.165) is 55.9 Å². The van der Waals surface area contributed by atoms with Crippen LogP contribution < -0.4 is 14.4 Å². The van der Waals surface area contributed by atoms with E-state index in [1.807, 2.05) is 50.5 Å². The molecule has 3 heterocycles. The molecule has 38 heavy (non-hydrogen) atoms. The minimum absolute atomic E-state index is 0.145. The molecule has 0 fully saturated rings. The van der Waals surface area contributed by atoms with Crippen LogP contribution in [0.15, 0.2) is 91.3 Å². The van der Waals surface area contributed by atoms with Gasteiger partial charge in [0, 0.05) is 42.2 Å². The Balaban J connectivity index is 1.45. The number of nitrogens with zero attached hydrogens (tertiary/aromatic N) is 5. The smallest absolute Gasteiger partial charge is 0.228 e. The Hall–Kier alpha value is -4.91. The summed E-state index contributed by atoms with van der Waals surface area (Å²) >= 11 is 0. The summed E-state index contributed by atoms with van der Waals surface area (Å²) in [4.78, 5) is 11.8. The zero-order valence-corrected chi connectivity index (χ0v) is 21.3. The van der Waals surface area contributed by atoms with E-state index < -0.39 is 0 Å². The fourth-order valence-corrected chi connectivity index (χ4v) is 5.22. The average molecular weight is 500 g/mol. The molecule has 0 radical (unpaired) electrons. The second-order valence-corrected chi connectivity index (χ2v) is 9.62. The molecule has 4 aromatic carbocycles. The van der Waals surface area contributed by atoms with Crippen LogP contribution in [0.1, 0.15) is 22.6 Å². The van der Waals surface area contributed by atoms with E-state index in [1.54, 1.807) is 18.0 Å². The Morgan fingerprint density at radius 2 is 1.68 bits per heavy atom. The number of aromatic nitrogens is 4. The summed E-state index contributed by atoms with van der Waals surface area (Å²) in [5.74, 6) is 2.68. The summed E-state index contributed by atoms with van der Waals surface area (Å²) in [5.41, 5.74) is 5.84. The van der Waals surface area contributed by atoms with Crippen LogP contribution in [0.2, 0.25) is 0 Å². The number of hydrogen-bond acceptors (Lipinski definition) is 6. The fraction of sp³-hybridized carbons (Fsp3) is 0.129. The molecule has 1 aliphatic rings. The molecule has 1 aliphatic heterocycles. The molecule has 0 spiro atoms. The lowest BCUT2D eigenvalue weighted by Crippen LogP contribution is -2.15. The lowest BCUT2D eigenvalue weighted by atomic mass is 9.83. The second-order valence-electron chi connectivity index (χ2n) is 9.62. The van der Waals surface area contributed by atoms with E-state index in [2.05, 4.69) is 53.4 Å². The second kappa shape index (κ2) is 8.59. The standard InChI is InChI=1S/C31H25N5O2/c1-35(2)22-13-8-21(9-14-22)29-33-30-27-26(20-10-15-23(37-3)16-11-20)25-17-12-19-6-4-5-7-24(19)28(25)38-31(27)32-18-36(30)34-29/h4-18,26H,1-3H3/t26-/m0/s1. The van der Waals surface area contributed by atoms with Crippen LogP contribution in [0.4, 0.5) is 5.69 Å². The first kappa shape index (κ1) is 22.3. The summed E-state index contributed by atoms with van der Waals surface area (Å²) in [5, 5.41) is 6.96. The van der Waals surface area contributed by atoms with E-state index >= 15 is 0 Å². The summed E-state index contributed by atoms with van der Waals surface area (Å²) in [6.45, 7) is 0. The fourth-order valence-electron chi connectivity index (χ4n) is 5.22. The molecule has 0 aliphatic carbocycles. The van der Waals surface area contributed by atoms with Crippen LogP contribution >= 0.6 is 0 Å². The van der Waals surface area contributed by atoms with Gasteiger partial charge in [0.2, 0.25) is 5.88 Å². The zero-order valence-electron chi connectivity index (χ0n) is 21.3. The van der Waals surface area contributed by atoms with Crippen molar-refractivity contribution in [1.82, 2.24) is 19.6 Å². The Morgan fingerprint density at radius 3 is 2.45 bits per heavy atom. The third-order valence-corrected chi connectivity index (χ3v) is 7.19. The summed E-state index contributed by atoms with van der Waals surface area (Å²) in [7, 11) is 5.73. The van der Waals surface area contributed by atoms with Crippen molar-refractivity contribution in [3.05, 3.63) is 108 Å². The number of benzene rings is 4. The Morgan fingerprint density at radius 1 is 0.895 bits per heavy atom. The van der Waals surface area contributed by atoms with E-state index in [4.69, 9.17) is 24.5 Å². The molecule has 0 N–H and O–H groups in total. The largest absolute Gasteiger partial charge is 0.497 e. The SMILES string of the molecule is COc1ccc([C@H]2c3ccc4ccccc4c3Oc3ncn4nc(-c5ccc(N(C)C)cc5)nc4c32)cc1. The van der Waals surface area contributed by atoms with Crippen molar-refractivity contribution in [3.8, 4) is 28.8 Å². The molecule has 6 aromatic rings. The molecule has 7 heteroatoms. The molecule has 7 nitrogen and oxygen atoms in total. The first-order valence-electron chi connectivity index (χ1n) is 12.5. The van der Waals surface area contributed by atoms with Gasteiger partial charge in [-0.3, -0.25) is 0 Å². The van der Waals surface area contributed by atoms with Crippen LogP contribution in [-0.4, -0.2) is 40.8 Å². The van der Waals surface area contributed by atoms with E-state index in [9.17, 15) is 0 Å². The summed E-state index contributed by atoms with van der Waals surface area (Å²) in [6.07, 6.45) is 1.68. The molecular weight excluding hydrogens is 474 g/mol. The molecule has 0 bridgehead atoms. The van der Waals surface area contributed by atoms with Gasteiger partial charge in [0.15, 0.2) is 11.5 Å². The van der Waals surface area contributed by atoms with Crippen molar-refractivity contribution in [2.75, 3.05) is 26.1 Å². The minimum Gasteiger partial charge on any atom is -0.497 e. The van der Waals surface area contributed by atoms with Crippen molar-refractivity contribution >= 4 is 22.1 Å². The molecule has 7 rings (SSSR count). The van der Waals surface area contributed by atoms with Crippen molar-refractivity contribution in [2.24, 2.45) is 0 Å². The predicted octanol–water partition coefficient (Wildman–Crippen LogP) is 6.31. The van der Waals surface area contributed by atoms with Gasteiger partial charge in [0.1, 0.15) is 17.8 Å². The first-order valence-corrected chi connectivity index (χ1v) is 12.5. The average Bonchev–Trinajstić information content (AvgIpc) is 3.41. The van der Waals surface area contributed by atoms with E-state index in [-0.39, 0.29) is 5.92 Å². The van der Waals surface area contributed by atoms with Crippen molar-refractivity contribution in [2.45, 2.75) is 5.92 Å². The Bertz CT molecular complexity index is 1810. The lowest BCUT2D eigenvalue weighted by Gasteiger charge is -2.28. The number of hydrogen-bond donors (Lipinski definition) is 0. The quantitative estimate of drug-likeness (QED) is 0.283. The third-order valence-electron chi connectivity index (χ3n) is 7.19. The van der Waals surface area contributed by atoms with Crippen LogP contribution in [0.25, 0.3) is 27.8 Å². The normalized spacial score (nSPS) is 14.1. The molecule has 0 saturated carbocycles. The molecule has 0 amide bonds. The number of fused-ring (bicyclic) bond motifs is 6. The summed E-state index contributed by atoms with van der Waals surface area (Å²) in [6, 6.07) is 28.9. The van der Waals surface area contributed by atoms with Gasteiger partial charge in [0.25, 0.3) is 0 Å². The molecule has 1 atom stereocenters. The highest BCUT2D eigenvalue weighted by Gasteiger charge is 2.34. The molecule has 2 aromatic heterocycles. The highest BCUT2D eigenvalue weighted by molar-refractivity contribution is 5.91. The molecular formula is C31H25N5O2. The number of ether oxygens (including phenoxy) is 2. The number of anilines is 1. The Labute approximate surface area is 219 Å². The highest BCUT2D eigenvalue weighted by atomic mass is 16.5. The van der Waals surface area contributed by atoms with Crippen LogP contribution in [0, 0.1) is 0 Å². The van der Waals surface area contributed by atoms with Gasteiger partial charge >= 0.3 is 0 Å². The van der Waals surface area contributed by atoms with E-state index in [1.165, 1.54) is 0 Å². The van der Waals surface area contributed by atoms with Gasteiger partial charge in [-0.1, -0.05) is 48.5 Å².